The molecule has 0 heterocycles. The Hall–Kier alpha value is -2.62. The van der Waals surface area contributed by atoms with Gasteiger partial charge < -0.3 is 10.1 Å². The summed E-state index contributed by atoms with van der Waals surface area (Å²) in [4.78, 5) is 23.4. The number of carbonyl (C=O) groups is 2. The molecule has 0 aliphatic heterocycles. The standard InChI is InChI=1S/C18H19NO3/c1-13(20)15-7-5-8-16(12-15)19-18(21)11-10-14-6-3-4-9-17(14)22-2/h3-9,12H,10-11H2,1-2H3,(H,19,21). The smallest absolute Gasteiger partial charge is 0.224 e. The van der Waals surface area contributed by atoms with Gasteiger partial charge in [0.2, 0.25) is 5.91 Å². The second-order valence-corrected chi connectivity index (χ2v) is 5.00. The number of nitrogens with one attached hydrogen (secondary N) is 1. The highest BCUT2D eigenvalue weighted by Crippen LogP contribution is 2.19. The number of ether oxygens (including phenoxy) is 1. The molecule has 2 rings (SSSR count). The molecule has 0 unspecified atom stereocenters. The van der Waals surface area contributed by atoms with Crippen molar-refractivity contribution >= 4 is 17.4 Å². The molecule has 0 aromatic heterocycles. The molecule has 22 heavy (non-hydrogen) atoms. The average molecular weight is 297 g/mol. The molecule has 114 valence electrons. The van der Waals surface area contributed by atoms with E-state index in [1.807, 2.05) is 24.3 Å². The number of Topliss-reactive ketones (excluding diaryl/α,β-unsaturated/α-hetero) is 1. The van der Waals surface area contributed by atoms with Crippen molar-refractivity contribution < 1.29 is 14.3 Å². The van der Waals surface area contributed by atoms with E-state index in [1.165, 1.54) is 6.92 Å². The quantitative estimate of drug-likeness (QED) is 0.831. The number of amides is 1. The molecule has 0 spiro atoms. The van der Waals surface area contributed by atoms with Crippen LogP contribution in [0.15, 0.2) is 48.5 Å². The lowest BCUT2D eigenvalue weighted by Gasteiger charge is -2.09. The molecule has 0 saturated heterocycles. The van der Waals surface area contributed by atoms with Crippen molar-refractivity contribution in [2.75, 3.05) is 12.4 Å². The zero-order valence-electron chi connectivity index (χ0n) is 12.8. The third-order valence-electron chi connectivity index (χ3n) is 3.37. The first-order valence-electron chi connectivity index (χ1n) is 7.13. The van der Waals surface area contributed by atoms with Gasteiger partial charge in [-0.1, -0.05) is 30.3 Å². The van der Waals surface area contributed by atoms with E-state index in [0.29, 0.717) is 24.1 Å². The highest BCUT2D eigenvalue weighted by molar-refractivity contribution is 5.97. The number of aryl methyl sites for hydroxylation is 1. The Morgan fingerprint density at radius 2 is 1.86 bits per heavy atom. The monoisotopic (exact) mass is 297 g/mol. The molecule has 0 saturated carbocycles. The van der Waals surface area contributed by atoms with E-state index in [9.17, 15) is 9.59 Å². The van der Waals surface area contributed by atoms with Crippen LogP contribution in [0.5, 0.6) is 5.75 Å². The van der Waals surface area contributed by atoms with Crippen LogP contribution in [0.2, 0.25) is 0 Å². The van der Waals surface area contributed by atoms with Gasteiger partial charge in [-0.15, -0.1) is 0 Å². The Labute approximate surface area is 130 Å². The minimum Gasteiger partial charge on any atom is -0.496 e. The summed E-state index contributed by atoms with van der Waals surface area (Å²) in [7, 11) is 1.62. The Balaban J connectivity index is 1.96. The van der Waals surface area contributed by atoms with E-state index in [4.69, 9.17) is 4.74 Å². The summed E-state index contributed by atoms with van der Waals surface area (Å²) < 4.78 is 5.27. The van der Waals surface area contributed by atoms with Crippen LogP contribution < -0.4 is 10.1 Å². The fourth-order valence-corrected chi connectivity index (χ4v) is 2.20. The van der Waals surface area contributed by atoms with Gasteiger partial charge in [0, 0.05) is 17.7 Å². The molecular formula is C18H19NO3. The van der Waals surface area contributed by atoms with Crippen LogP contribution in [0.25, 0.3) is 0 Å². The molecule has 0 aliphatic rings. The topological polar surface area (TPSA) is 55.4 Å². The van der Waals surface area contributed by atoms with Gasteiger partial charge in [-0.2, -0.15) is 0 Å². The second kappa shape index (κ2) is 7.41. The molecular weight excluding hydrogens is 278 g/mol. The largest absolute Gasteiger partial charge is 0.496 e. The zero-order valence-corrected chi connectivity index (χ0v) is 12.8. The highest BCUT2D eigenvalue weighted by Gasteiger charge is 2.07. The lowest BCUT2D eigenvalue weighted by Crippen LogP contribution is -2.13. The van der Waals surface area contributed by atoms with Crippen LogP contribution in [0.1, 0.15) is 29.3 Å². The van der Waals surface area contributed by atoms with Crippen molar-refractivity contribution in [2.45, 2.75) is 19.8 Å². The molecule has 4 nitrogen and oxygen atoms in total. The van der Waals surface area contributed by atoms with Crippen molar-refractivity contribution in [1.29, 1.82) is 0 Å². The number of anilines is 1. The Morgan fingerprint density at radius 3 is 2.59 bits per heavy atom. The Morgan fingerprint density at radius 1 is 1.09 bits per heavy atom. The maximum absolute atomic E-state index is 12.0. The van der Waals surface area contributed by atoms with Crippen molar-refractivity contribution in [2.24, 2.45) is 0 Å². The maximum Gasteiger partial charge on any atom is 0.224 e. The SMILES string of the molecule is COc1ccccc1CCC(=O)Nc1cccc(C(C)=O)c1. The molecule has 4 heteroatoms. The minimum atomic E-state index is -0.0911. The Bertz CT molecular complexity index is 680. The lowest BCUT2D eigenvalue weighted by molar-refractivity contribution is -0.116. The molecule has 0 aliphatic carbocycles. The van der Waals surface area contributed by atoms with Crippen molar-refractivity contribution in [3.63, 3.8) is 0 Å². The summed E-state index contributed by atoms with van der Waals surface area (Å²) in [5.74, 6) is 0.672. The van der Waals surface area contributed by atoms with Crippen LogP contribution in [0.3, 0.4) is 0 Å². The number of carbonyl (C=O) groups excluding carboxylic acids is 2. The second-order valence-electron chi connectivity index (χ2n) is 5.00. The van der Waals surface area contributed by atoms with Gasteiger partial charge in [-0.3, -0.25) is 9.59 Å². The third kappa shape index (κ3) is 4.19. The molecule has 1 N–H and O–H groups in total. The number of para-hydroxylation sites is 1. The summed E-state index contributed by atoms with van der Waals surface area (Å²) in [6.07, 6.45) is 0.951. The van der Waals surface area contributed by atoms with E-state index >= 15 is 0 Å². The first-order chi connectivity index (χ1) is 10.6. The number of ketones is 1. The molecule has 0 bridgehead atoms. The van der Waals surface area contributed by atoms with E-state index in [-0.39, 0.29) is 11.7 Å². The highest BCUT2D eigenvalue weighted by atomic mass is 16.5. The molecule has 0 fully saturated rings. The van der Waals surface area contributed by atoms with Gasteiger partial charge in [0.15, 0.2) is 5.78 Å². The summed E-state index contributed by atoms with van der Waals surface area (Å²) in [5, 5.41) is 2.81. The van der Waals surface area contributed by atoms with Gasteiger partial charge >= 0.3 is 0 Å². The van der Waals surface area contributed by atoms with E-state index < -0.39 is 0 Å². The number of hydrogen-bond acceptors (Lipinski definition) is 3. The molecule has 2 aromatic carbocycles. The predicted molar refractivity (Wildman–Crippen MR) is 86.4 cm³/mol. The summed E-state index contributed by atoms with van der Waals surface area (Å²) >= 11 is 0. The van der Waals surface area contributed by atoms with Crippen molar-refractivity contribution in [3.05, 3.63) is 59.7 Å². The first-order valence-corrected chi connectivity index (χ1v) is 7.13. The van der Waals surface area contributed by atoms with Crippen molar-refractivity contribution in [1.82, 2.24) is 0 Å². The van der Waals surface area contributed by atoms with E-state index in [1.54, 1.807) is 31.4 Å². The van der Waals surface area contributed by atoms with E-state index in [0.717, 1.165) is 11.3 Å². The average Bonchev–Trinajstić information content (AvgIpc) is 2.53. The summed E-state index contributed by atoms with van der Waals surface area (Å²) in [5.41, 5.74) is 2.22. The predicted octanol–water partition coefficient (Wildman–Crippen LogP) is 3.47. The molecule has 1 amide bonds. The normalized spacial score (nSPS) is 10.1. The van der Waals surface area contributed by atoms with Crippen LogP contribution in [-0.4, -0.2) is 18.8 Å². The van der Waals surface area contributed by atoms with Gasteiger partial charge in [0.1, 0.15) is 5.75 Å². The number of methoxy groups -OCH3 is 1. The van der Waals surface area contributed by atoms with Crippen LogP contribution in [0, 0.1) is 0 Å². The molecule has 0 radical (unpaired) electrons. The van der Waals surface area contributed by atoms with E-state index in [2.05, 4.69) is 5.32 Å². The van der Waals surface area contributed by atoms with Crippen LogP contribution >= 0.6 is 0 Å². The summed E-state index contributed by atoms with van der Waals surface area (Å²) in [6.45, 7) is 1.50. The number of hydrogen-bond donors (Lipinski definition) is 1. The fraction of sp³-hybridized carbons (Fsp3) is 0.222. The maximum atomic E-state index is 12.0. The number of benzene rings is 2. The summed E-state index contributed by atoms with van der Waals surface area (Å²) in [6, 6.07) is 14.6. The molecule has 0 atom stereocenters. The zero-order chi connectivity index (χ0) is 15.9. The number of rotatable bonds is 6. The fourth-order valence-electron chi connectivity index (χ4n) is 2.20. The van der Waals surface area contributed by atoms with Gasteiger partial charge in [0.05, 0.1) is 7.11 Å². The molecule has 2 aromatic rings. The third-order valence-corrected chi connectivity index (χ3v) is 3.37. The van der Waals surface area contributed by atoms with Gasteiger partial charge in [-0.05, 0) is 37.1 Å². The Kier molecular flexibility index (Phi) is 5.31. The van der Waals surface area contributed by atoms with Crippen LogP contribution in [0.4, 0.5) is 5.69 Å². The lowest BCUT2D eigenvalue weighted by atomic mass is 10.1. The minimum absolute atomic E-state index is 0.0230. The van der Waals surface area contributed by atoms with Gasteiger partial charge in [-0.25, -0.2) is 0 Å². The van der Waals surface area contributed by atoms with Crippen LogP contribution in [-0.2, 0) is 11.2 Å². The van der Waals surface area contributed by atoms with Gasteiger partial charge in [0.25, 0.3) is 0 Å². The van der Waals surface area contributed by atoms with Crippen molar-refractivity contribution in [3.8, 4) is 5.75 Å². The first kappa shape index (κ1) is 15.8.